The molecule has 0 saturated heterocycles. The van der Waals surface area contributed by atoms with Crippen LogP contribution in [0.15, 0.2) is 4.42 Å². The number of rotatable bonds is 6. The molecule has 5 nitrogen and oxygen atoms in total. The lowest BCUT2D eigenvalue weighted by Crippen LogP contribution is -2.21. The predicted molar refractivity (Wildman–Crippen MR) is 69.9 cm³/mol. The minimum Gasteiger partial charge on any atom is -0.481 e. The van der Waals surface area contributed by atoms with Gasteiger partial charge in [0.05, 0.1) is 0 Å². The molecule has 1 saturated carbocycles. The number of aliphatic carboxylic acids is 1. The van der Waals surface area contributed by atoms with E-state index in [0.29, 0.717) is 12.3 Å². The van der Waals surface area contributed by atoms with Crippen molar-refractivity contribution in [2.24, 2.45) is 5.92 Å². The van der Waals surface area contributed by atoms with Crippen LogP contribution in [-0.4, -0.2) is 21.3 Å². The van der Waals surface area contributed by atoms with Gasteiger partial charge in [-0.2, -0.15) is 0 Å². The molecule has 1 aliphatic carbocycles. The van der Waals surface area contributed by atoms with Crippen LogP contribution in [0.1, 0.15) is 64.2 Å². The topological polar surface area (TPSA) is 76.2 Å². The van der Waals surface area contributed by atoms with Crippen molar-refractivity contribution in [3.8, 4) is 0 Å². The molecule has 0 radical (unpaired) electrons. The van der Waals surface area contributed by atoms with Crippen molar-refractivity contribution in [3.63, 3.8) is 0 Å². The average Bonchev–Trinajstić information content (AvgIpc) is 2.96. The van der Waals surface area contributed by atoms with Gasteiger partial charge in [0.25, 0.3) is 0 Å². The Bertz CT molecular complexity index is 436. The van der Waals surface area contributed by atoms with Crippen molar-refractivity contribution in [1.29, 1.82) is 0 Å². The van der Waals surface area contributed by atoms with Gasteiger partial charge < -0.3 is 9.52 Å². The molecule has 19 heavy (non-hydrogen) atoms. The molecule has 2 rings (SSSR count). The van der Waals surface area contributed by atoms with Crippen LogP contribution in [0.5, 0.6) is 0 Å². The maximum Gasteiger partial charge on any atom is 0.303 e. The second kappa shape index (κ2) is 5.72. The third kappa shape index (κ3) is 3.14. The van der Waals surface area contributed by atoms with Crippen LogP contribution in [-0.2, 0) is 16.6 Å². The summed E-state index contributed by atoms with van der Waals surface area (Å²) in [4.78, 5) is 10.6. The van der Waals surface area contributed by atoms with E-state index >= 15 is 0 Å². The second-order valence-electron chi connectivity index (χ2n) is 5.75. The van der Waals surface area contributed by atoms with Gasteiger partial charge in [0.1, 0.15) is 0 Å². The third-order valence-electron chi connectivity index (χ3n) is 4.20. The second-order valence-corrected chi connectivity index (χ2v) is 5.75. The lowest BCUT2D eigenvalue weighted by Gasteiger charge is -2.22. The Balaban J connectivity index is 2.04. The molecule has 0 bridgehead atoms. The highest BCUT2D eigenvalue weighted by atomic mass is 16.4. The summed E-state index contributed by atoms with van der Waals surface area (Å²) >= 11 is 0. The molecule has 1 N–H and O–H groups in total. The normalized spacial score (nSPS) is 19.5. The number of carbonyl (C=O) groups is 1. The SMILES string of the molecule is CCC1(c2nnc(CC(C)CC(=O)O)o2)CCCC1. The summed E-state index contributed by atoms with van der Waals surface area (Å²) in [6.45, 7) is 4.06. The average molecular weight is 266 g/mol. The highest BCUT2D eigenvalue weighted by molar-refractivity contribution is 5.66. The summed E-state index contributed by atoms with van der Waals surface area (Å²) in [6, 6.07) is 0. The van der Waals surface area contributed by atoms with E-state index in [1.807, 2.05) is 6.92 Å². The van der Waals surface area contributed by atoms with Gasteiger partial charge in [-0.05, 0) is 25.2 Å². The van der Waals surface area contributed by atoms with E-state index in [-0.39, 0.29) is 17.8 Å². The molecule has 0 aromatic carbocycles. The molecule has 1 unspecified atom stereocenters. The highest BCUT2D eigenvalue weighted by Crippen LogP contribution is 2.42. The van der Waals surface area contributed by atoms with Crippen LogP contribution in [0.3, 0.4) is 0 Å². The summed E-state index contributed by atoms with van der Waals surface area (Å²) in [5.41, 5.74) is 0.0707. The number of nitrogens with zero attached hydrogens (tertiary/aromatic N) is 2. The first-order chi connectivity index (χ1) is 9.05. The Morgan fingerprint density at radius 1 is 1.42 bits per heavy atom. The summed E-state index contributed by atoms with van der Waals surface area (Å²) in [6.07, 6.45) is 6.39. The van der Waals surface area contributed by atoms with Gasteiger partial charge in [0.15, 0.2) is 0 Å². The molecular formula is C14H22N2O3. The van der Waals surface area contributed by atoms with Gasteiger partial charge in [0.2, 0.25) is 11.8 Å². The van der Waals surface area contributed by atoms with Crippen molar-refractivity contribution in [2.45, 2.75) is 64.2 Å². The van der Waals surface area contributed by atoms with E-state index in [4.69, 9.17) is 9.52 Å². The summed E-state index contributed by atoms with van der Waals surface area (Å²) in [5, 5.41) is 17.1. The predicted octanol–water partition coefficient (Wildman–Crippen LogP) is 2.94. The van der Waals surface area contributed by atoms with Gasteiger partial charge in [-0.25, -0.2) is 0 Å². The molecule has 106 valence electrons. The summed E-state index contributed by atoms with van der Waals surface area (Å²) < 4.78 is 5.80. The van der Waals surface area contributed by atoms with Crippen LogP contribution in [0.25, 0.3) is 0 Å². The molecule has 0 amide bonds. The van der Waals surface area contributed by atoms with Crippen LogP contribution < -0.4 is 0 Å². The number of aromatic nitrogens is 2. The zero-order valence-electron chi connectivity index (χ0n) is 11.7. The van der Waals surface area contributed by atoms with Gasteiger partial charge >= 0.3 is 5.97 Å². The zero-order valence-corrected chi connectivity index (χ0v) is 11.7. The zero-order chi connectivity index (χ0) is 13.9. The largest absolute Gasteiger partial charge is 0.481 e. The van der Waals surface area contributed by atoms with Crippen molar-refractivity contribution >= 4 is 5.97 Å². The van der Waals surface area contributed by atoms with Crippen LogP contribution in [0.2, 0.25) is 0 Å². The van der Waals surface area contributed by atoms with Gasteiger partial charge in [-0.15, -0.1) is 10.2 Å². The first-order valence-corrected chi connectivity index (χ1v) is 7.10. The number of carboxylic acid groups (broad SMARTS) is 1. The molecule has 1 aromatic rings. The minimum absolute atomic E-state index is 0.0203. The number of hydrogen-bond acceptors (Lipinski definition) is 4. The lowest BCUT2D eigenvalue weighted by atomic mass is 9.83. The fourth-order valence-corrected chi connectivity index (χ4v) is 2.99. The monoisotopic (exact) mass is 266 g/mol. The number of carboxylic acids is 1. The van der Waals surface area contributed by atoms with Crippen molar-refractivity contribution in [3.05, 3.63) is 11.8 Å². The van der Waals surface area contributed by atoms with E-state index in [1.54, 1.807) is 0 Å². The molecule has 1 fully saturated rings. The molecule has 0 aliphatic heterocycles. The van der Waals surface area contributed by atoms with Gasteiger partial charge in [-0.1, -0.05) is 26.7 Å². The van der Waals surface area contributed by atoms with Crippen LogP contribution >= 0.6 is 0 Å². The summed E-state index contributed by atoms with van der Waals surface area (Å²) in [7, 11) is 0. The molecule has 1 aromatic heterocycles. The fraction of sp³-hybridized carbons (Fsp3) is 0.786. The molecule has 1 atom stereocenters. The van der Waals surface area contributed by atoms with Crippen molar-refractivity contribution in [1.82, 2.24) is 10.2 Å². The van der Waals surface area contributed by atoms with E-state index in [0.717, 1.165) is 25.2 Å². The van der Waals surface area contributed by atoms with E-state index in [2.05, 4.69) is 17.1 Å². The van der Waals surface area contributed by atoms with E-state index in [1.165, 1.54) is 12.8 Å². The smallest absolute Gasteiger partial charge is 0.303 e. The lowest BCUT2D eigenvalue weighted by molar-refractivity contribution is -0.137. The maximum atomic E-state index is 10.6. The minimum atomic E-state index is -0.784. The molecule has 0 spiro atoms. The molecule has 1 heterocycles. The van der Waals surface area contributed by atoms with Gasteiger partial charge in [0, 0.05) is 18.3 Å². The number of hydrogen-bond donors (Lipinski definition) is 1. The Labute approximate surface area is 113 Å². The van der Waals surface area contributed by atoms with E-state index < -0.39 is 5.97 Å². The van der Waals surface area contributed by atoms with E-state index in [9.17, 15) is 4.79 Å². The Morgan fingerprint density at radius 2 is 2.11 bits per heavy atom. The highest BCUT2D eigenvalue weighted by Gasteiger charge is 2.38. The summed E-state index contributed by atoms with van der Waals surface area (Å²) in [5.74, 6) is 0.563. The Hall–Kier alpha value is -1.39. The Kier molecular flexibility index (Phi) is 4.22. The third-order valence-corrected chi connectivity index (χ3v) is 4.20. The first kappa shape index (κ1) is 14.0. The van der Waals surface area contributed by atoms with Crippen molar-refractivity contribution in [2.75, 3.05) is 0 Å². The van der Waals surface area contributed by atoms with Crippen molar-refractivity contribution < 1.29 is 14.3 Å². The maximum absolute atomic E-state index is 10.6. The molecular weight excluding hydrogens is 244 g/mol. The molecule has 5 heteroatoms. The van der Waals surface area contributed by atoms with Crippen LogP contribution in [0, 0.1) is 5.92 Å². The quantitative estimate of drug-likeness (QED) is 0.856. The standard InChI is InChI=1S/C14H22N2O3/c1-3-14(6-4-5-7-14)13-16-15-11(19-13)8-10(2)9-12(17)18/h10H,3-9H2,1-2H3,(H,17,18). The first-order valence-electron chi connectivity index (χ1n) is 7.10. The molecule has 1 aliphatic rings. The van der Waals surface area contributed by atoms with Crippen LogP contribution in [0.4, 0.5) is 0 Å². The van der Waals surface area contributed by atoms with Gasteiger partial charge in [-0.3, -0.25) is 4.79 Å². The Morgan fingerprint density at radius 3 is 2.68 bits per heavy atom. The fourth-order valence-electron chi connectivity index (χ4n) is 2.99.